The van der Waals surface area contributed by atoms with Crippen molar-refractivity contribution in [2.45, 2.75) is 89.1 Å². The van der Waals surface area contributed by atoms with Crippen molar-refractivity contribution in [2.75, 3.05) is 45.1 Å². The monoisotopic (exact) mass is 643 g/mol. The van der Waals surface area contributed by atoms with E-state index in [1.807, 2.05) is 38.1 Å². The molecule has 4 aliphatic rings. The molecule has 1 unspecified atom stereocenters. The van der Waals surface area contributed by atoms with Gasteiger partial charge in [0.2, 0.25) is 10.0 Å². The Kier molecular flexibility index (Phi) is 9.51. The molecule has 4 atom stereocenters. The first-order chi connectivity index (χ1) is 21.6. The van der Waals surface area contributed by atoms with Crippen LogP contribution in [0.3, 0.4) is 0 Å². The molecule has 45 heavy (non-hydrogen) atoms. The van der Waals surface area contributed by atoms with Crippen molar-refractivity contribution in [1.29, 1.82) is 0 Å². The molecule has 2 amide bonds. The van der Waals surface area contributed by atoms with Gasteiger partial charge in [-0.15, -0.1) is 0 Å². The third kappa shape index (κ3) is 6.91. The van der Waals surface area contributed by atoms with Crippen molar-refractivity contribution in [3.8, 4) is 5.75 Å². The molecule has 0 radical (unpaired) electrons. The van der Waals surface area contributed by atoms with Gasteiger partial charge in [-0.05, 0) is 77.5 Å². The van der Waals surface area contributed by atoms with Gasteiger partial charge in [0, 0.05) is 62.3 Å². The molecule has 1 aromatic carbocycles. The second-order valence-electron chi connectivity index (χ2n) is 13.1. The van der Waals surface area contributed by atoms with Gasteiger partial charge in [-0.3, -0.25) is 14.5 Å². The molecular weight excluding hydrogens is 598 g/mol. The third-order valence-electron chi connectivity index (χ3n) is 9.81. The molecular formula is C32H45N5O7S. The summed E-state index contributed by atoms with van der Waals surface area (Å²) in [5.41, 5.74) is 0.462. The van der Waals surface area contributed by atoms with Crippen LogP contribution in [0.2, 0.25) is 0 Å². The Morgan fingerprint density at radius 2 is 1.76 bits per heavy atom. The number of nitrogens with zero attached hydrogens (tertiary/aromatic N) is 4. The number of amides is 2. The number of carbonyl (C=O) groups is 2. The summed E-state index contributed by atoms with van der Waals surface area (Å²) in [6, 6.07) is 9.54. The molecule has 5 heterocycles. The van der Waals surface area contributed by atoms with Crippen molar-refractivity contribution >= 4 is 32.9 Å². The van der Waals surface area contributed by atoms with Gasteiger partial charge < -0.3 is 24.3 Å². The average Bonchev–Trinajstić information content (AvgIpc) is 3.63. The van der Waals surface area contributed by atoms with Crippen molar-refractivity contribution in [1.82, 2.24) is 24.0 Å². The molecule has 246 valence electrons. The average molecular weight is 644 g/mol. The van der Waals surface area contributed by atoms with Crippen molar-refractivity contribution in [2.24, 2.45) is 0 Å². The number of hydrogen-bond donors (Lipinski definition) is 1. The number of carbonyl (C=O) groups excluding carboxylic acids is 2. The minimum atomic E-state index is -3.41. The molecule has 12 nitrogen and oxygen atoms in total. The smallest absolute Gasteiger partial charge is 0.404 e. The Balaban J connectivity index is 0.973. The van der Waals surface area contributed by atoms with Gasteiger partial charge >= 0.3 is 6.09 Å². The number of rotatable bonds is 9. The van der Waals surface area contributed by atoms with E-state index in [1.165, 1.54) is 4.31 Å². The Bertz CT molecular complexity index is 1550. The predicted molar refractivity (Wildman–Crippen MR) is 170 cm³/mol. The highest BCUT2D eigenvalue weighted by Gasteiger charge is 2.41. The van der Waals surface area contributed by atoms with Crippen LogP contribution in [-0.2, 0) is 19.6 Å². The van der Waals surface area contributed by atoms with Crippen LogP contribution < -0.4 is 15.6 Å². The normalized spacial score (nSPS) is 26.1. The van der Waals surface area contributed by atoms with Gasteiger partial charge in [0.15, 0.2) is 5.75 Å². The highest BCUT2D eigenvalue weighted by atomic mass is 32.2. The van der Waals surface area contributed by atoms with Crippen LogP contribution in [0.15, 0.2) is 35.1 Å². The van der Waals surface area contributed by atoms with E-state index in [4.69, 9.17) is 9.47 Å². The van der Waals surface area contributed by atoms with Crippen molar-refractivity contribution in [3.63, 3.8) is 0 Å². The number of sulfonamides is 1. The Morgan fingerprint density at radius 1 is 1.04 bits per heavy atom. The first-order valence-corrected chi connectivity index (χ1v) is 18.0. The summed E-state index contributed by atoms with van der Waals surface area (Å²) < 4.78 is 40.5. The van der Waals surface area contributed by atoms with Crippen LogP contribution in [0.1, 0.15) is 64.8 Å². The lowest BCUT2D eigenvalue weighted by molar-refractivity contribution is -0.142. The molecule has 4 aliphatic heterocycles. The lowest BCUT2D eigenvalue weighted by Gasteiger charge is -2.39. The predicted octanol–water partition coefficient (Wildman–Crippen LogP) is 2.71. The number of piperazine rings is 1. The van der Waals surface area contributed by atoms with Crippen LogP contribution in [-0.4, -0.2) is 108 Å². The van der Waals surface area contributed by atoms with E-state index in [-0.39, 0.29) is 53.2 Å². The quantitative estimate of drug-likeness (QED) is 0.442. The van der Waals surface area contributed by atoms with Crippen LogP contribution >= 0.6 is 0 Å². The van der Waals surface area contributed by atoms with Gasteiger partial charge in [0.25, 0.3) is 11.5 Å². The third-order valence-corrected chi connectivity index (χ3v) is 11.8. The zero-order valence-electron chi connectivity index (χ0n) is 26.2. The second-order valence-corrected chi connectivity index (χ2v) is 15.1. The lowest BCUT2D eigenvalue weighted by Crippen LogP contribution is -2.53. The number of ether oxygens (including phenoxy) is 2. The SMILES string of the molecule is CC(C)n1c(=O)c(OC(=O)N[C@@H]2C[C@H]3CC[C@@H](C2)N3CCCS(=O)(=O)N2CCN(C(=O)C3CCCO3)CC2)cc2ccccc21. The molecule has 13 heteroatoms. The van der Waals surface area contributed by atoms with Gasteiger partial charge in [-0.1, -0.05) is 18.2 Å². The molecule has 2 aromatic rings. The number of fused-ring (bicyclic) bond motifs is 3. The summed E-state index contributed by atoms with van der Waals surface area (Å²) in [6.07, 6.45) is 4.70. The summed E-state index contributed by atoms with van der Waals surface area (Å²) >= 11 is 0. The Morgan fingerprint density at radius 3 is 2.42 bits per heavy atom. The number of nitrogens with one attached hydrogen (secondary N) is 1. The summed E-state index contributed by atoms with van der Waals surface area (Å²) in [5, 5.41) is 3.82. The summed E-state index contributed by atoms with van der Waals surface area (Å²) in [7, 11) is -3.41. The van der Waals surface area contributed by atoms with E-state index in [0.717, 1.165) is 49.4 Å². The zero-order valence-corrected chi connectivity index (χ0v) is 27.0. The molecule has 2 bridgehead atoms. The van der Waals surface area contributed by atoms with Gasteiger partial charge in [-0.2, -0.15) is 4.31 Å². The van der Waals surface area contributed by atoms with Crippen molar-refractivity contribution < 1.29 is 27.5 Å². The second kappa shape index (κ2) is 13.4. The standard InChI is InChI=1S/C32H45N5O7S/c1-22(2)37-27-8-4-3-7-23(27)19-29(31(37)39)44-32(40)33-24-20-25-10-11-26(21-24)36(25)12-6-18-45(41,42)35-15-13-34(14-16-35)30(38)28-9-5-17-43-28/h3-4,7-8,19,22,24-26,28H,5-6,9-18,20-21H2,1-2H3,(H,33,40)/t24-,25-,26+,28?. The van der Waals surface area contributed by atoms with Gasteiger partial charge in [0.05, 0.1) is 11.3 Å². The molecule has 0 spiro atoms. The number of aromatic nitrogens is 1. The van der Waals surface area contributed by atoms with Gasteiger partial charge in [-0.25, -0.2) is 13.2 Å². The number of pyridine rings is 1. The summed E-state index contributed by atoms with van der Waals surface area (Å²) in [5.74, 6) is 0.0719. The first-order valence-electron chi connectivity index (χ1n) is 16.4. The minimum Gasteiger partial charge on any atom is -0.404 e. The molecule has 0 aliphatic carbocycles. The zero-order chi connectivity index (χ0) is 31.7. The maximum absolute atomic E-state index is 13.2. The summed E-state index contributed by atoms with van der Waals surface area (Å²) in [4.78, 5) is 42.8. The van der Waals surface area contributed by atoms with Crippen molar-refractivity contribution in [3.05, 3.63) is 40.7 Å². The largest absolute Gasteiger partial charge is 0.413 e. The highest BCUT2D eigenvalue weighted by molar-refractivity contribution is 7.89. The fraction of sp³-hybridized carbons (Fsp3) is 0.656. The maximum atomic E-state index is 13.2. The van der Waals surface area contributed by atoms with E-state index >= 15 is 0 Å². The Labute approximate surface area is 264 Å². The van der Waals surface area contributed by atoms with E-state index in [0.29, 0.717) is 45.8 Å². The summed E-state index contributed by atoms with van der Waals surface area (Å²) in [6.45, 7) is 6.60. The maximum Gasteiger partial charge on any atom is 0.413 e. The topological polar surface area (TPSA) is 130 Å². The van der Waals surface area contributed by atoms with E-state index in [1.54, 1.807) is 15.5 Å². The highest BCUT2D eigenvalue weighted by Crippen LogP contribution is 2.36. The molecule has 0 saturated carbocycles. The minimum absolute atomic E-state index is 0.0114. The van der Waals surface area contributed by atoms with Crippen LogP contribution in [0, 0.1) is 0 Å². The fourth-order valence-electron chi connectivity index (χ4n) is 7.62. The molecule has 1 aromatic heterocycles. The van der Waals surface area contributed by atoms with E-state index in [2.05, 4.69) is 10.2 Å². The number of piperidine rings is 1. The van der Waals surface area contributed by atoms with Gasteiger partial charge in [0.1, 0.15) is 6.10 Å². The number of para-hydroxylation sites is 1. The van der Waals surface area contributed by atoms with Crippen LogP contribution in [0.4, 0.5) is 4.79 Å². The fourth-order valence-corrected chi connectivity index (χ4v) is 9.09. The van der Waals surface area contributed by atoms with Crippen LogP contribution in [0.25, 0.3) is 10.9 Å². The molecule has 6 rings (SSSR count). The van der Waals surface area contributed by atoms with E-state index in [9.17, 15) is 22.8 Å². The number of hydrogen-bond acceptors (Lipinski definition) is 8. The van der Waals surface area contributed by atoms with Crippen LogP contribution in [0.5, 0.6) is 5.75 Å². The molecule has 4 fully saturated rings. The van der Waals surface area contributed by atoms with E-state index < -0.39 is 16.1 Å². The molecule has 4 saturated heterocycles. The molecule has 1 N–H and O–H groups in total. The lowest BCUT2D eigenvalue weighted by atomic mass is 9.97. The number of benzene rings is 1. The Hall–Kier alpha value is -3.00. The first kappa shape index (κ1) is 32.0.